The van der Waals surface area contributed by atoms with Crippen LogP contribution in [0.3, 0.4) is 0 Å². The number of anilines is 1. The molecule has 1 aromatic carbocycles. The Balaban J connectivity index is 1.57. The number of aromatic nitrogens is 1. The minimum Gasteiger partial charge on any atom is -0.494 e. The zero-order chi connectivity index (χ0) is 17.6. The number of para-hydroxylation sites is 1. The number of likely N-dealkylation sites (N-methyl/N-ethyl adjacent to an activating group) is 1. The molecule has 1 aliphatic heterocycles. The van der Waals surface area contributed by atoms with E-state index in [0.717, 1.165) is 53.3 Å². The van der Waals surface area contributed by atoms with Gasteiger partial charge in [0.15, 0.2) is 5.13 Å². The summed E-state index contributed by atoms with van der Waals surface area (Å²) >= 11 is 1.64. The molecular weight excluding hydrogens is 358 g/mol. The van der Waals surface area contributed by atoms with Gasteiger partial charge < -0.3 is 9.64 Å². The van der Waals surface area contributed by atoms with Gasteiger partial charge in [-0.05, 0) is 37.8 Å². The highest BCUT2D eigenvalue weighted by atomic mass is 32.2. The lowest BCUT2D eigenvalue weighted by molar-refractivity contribution is 0.320. The molecule has 1 aliphatic carbocycles. The minimum absolute atomic E-state index is 0.0215. The second-order valence-electron chi connectivity index (χ2n) is 6.81. The Morgan fingerprint density at radius 3 is 2.84 bits per heavy atom. The van der Waals surface area contributed by atoms with Gasteiger partial charge in [0, 0.05) is 26.2 Å². The van der Waals surface area contributed by atoms with Crippen LogP contribution >= 0.6 is 11.3 Å². The van der Waals surface area contributed by atoms with E-state index in [2.05, 4.69) is 4.90 Å². The third kappa shape index (κ3) is 3.11. The highest BCUT2D eigenvalue weighted by Crippen LogP contribution is 2.36. The number of rotatable bonds is 5. The first kappa shape index (κ1) is 17.1. The Labute approximate surface area is 152 Å². The highest BCUT2D eigenvalue weighted by molar-refractivity contribution is 7.90. The maximum Gasteiger partial charge on any atom is 0.217 e. The standard InChI is InChI=1S/C17H23N3O3S2/c1-19(25(21,22)13-8-9-13)12-5-4-10-20(11-12)17-18-16-14(23-2)6-3-7-15(16)24-17/h3,6-7,12-13H,4-5,8-11H2,1-2H3. The predicted molar refractivity (Wildman–Crippen MR) is 101 cm³/mol. The molecule has 1 atom stereocenters. The molecule has 0 bridgehead atoms. The monoisotopic (exact) mass is 381 g/mol. The summed E-state index contributed by atoms with van der Waals surface area (Å²) in [6.45, 7) is 1.61. The van der Waals surface area contributed by atoms with Gasteiger partial charge in [0.2, 0.25) is 10.0 Å². The molecule has 1 saturated carbocycles. The first-order chi connectivity index (χ1) is 12.0. The van der Waals surface area contributed by atoms with Crippen molar-refractivity contribution in [3.63, 3.8) is 0 Å². The van der Waals surface area contributed by atoms with Gasteiger partial charge in [0.1, 0.15) is 11.3 Å². The Kier molecular flexibility index (Phi) is 4.37. The average Bonchev–Trinajstić information content (AvgIpc) is 3.40. The lowest BCUT2D eigenvalue weighted by atomic mass is 10.1. The van der Waals surface area contributed by atoms with Crippen molar-refractivity contribution < 1.29 is 13.2 Å². The Bertz CT molecular complexity index is 876. The summed E-state index contributed by atoms with van der Waals surface area (Å²) in [5, 5.41) is 0.793. The van der Waals surface area contributed by atoms with E-state index in [9.17, 15) is 8.42 Å². The Morgan fingerprint density at radius 1 is 1.32 bits per heavy atom. The zero-order valence-corrected chi connectivity index (χ0v) is 16.1. The van der Waals surface area contributed by atoms with Crippen LogP contribution in [0.1, 0.15) is 25.7 Å². The van der Waals surface area contributed by atoms with Crippen molar-refractivity contribution in [3.8, 4) is 5.75 Å². The van der Waals surface area contributed by atoms with E-state index in [1.165, 1.54) is 0 Å². The molecule has 2 fully saturated rings. The topological polar surface area (TPSA) is 62.7 Å². The molecule has 2 heterocycles. The van der Waals surface area contributed by atoms with Crippen LogP contribution in [0.25, 0.3) is 10.2 Å². The number of nitrogens with zero attached hydrogens (tertiary/aromatic N) is 3. The third-order valence-electron chi connectivity index (χ3n) is 5.12. The van der Waals surface area contributed by atoms with Crippen LogP contribution in [0.4, 0.5) is 5.13 Å². The summed E-state index contributed by atoms with van der Waals surface area (Å²) in [4.78, 5) is 6.98. The van der Waals surface area contributed by atoms with E-state index in [4.69, 9.17) is 9.72 Å². The number of methoxy groups -OCH3 is 1. The molecule has 0 radical (unpaired) electrons. The predicted octanol–water partition coefficient (Wildman–Crippen LogP) is 2.70. The second kappa shape index (κ2) is 6.41. The maximum atomic E-state index is 12.5. The molecule has 0 N–H and O–H groups in total. The van der Waals surface area contributed by atoms with Crippen molar-refractivity contribution in [3.05, 3.63) is 18.2 Å². The van der Waals surface area contributed by atoms with Crippen LogP contribution in [0.5, 0.6) is 5.75 Å². The molecule has 0 amide bonds. The molecule has 136 valence electrons. The van der Waals surface area contributed by atoms with Crippen molar-refractivity contribution in [1.29, 1.82) is 0 Å². The molecule has 0 spiro atoms. The number of thiazole rings is 1. The minimum atomic E-state index is -3.14. The summed E-state index contributed by atoms with van der Waals surface area (Å²) in [7, 11) is 0.258. The first-order valence-corrected chi connectivity index (χ1v) is 11.0. The second-order valence-corrected chi connectivity index (χ2v) is 10.1. The van der Waals surface area contributed by atoms with Gasteiger partial charge in [-0.2, -0.15) is 4.31 Å². The van der Waals surface area contributed by atoms with Crippen LogP contribution in [-0.4, -0.2) is 56.2 Å². The van der Waals surface area contributed by atoms with Crippen LogP contribution in [0.2, 0.25) is 0 Å². The summed E-state index contributed by atoms with van der Waals surface area (Å²) in [6, 6.07) is 5.96. The van der Waals surface area contributed by atoms with E-state index in [1.807, 2.05) is 18.2 Å². The van der Waals surface area contributed by atoms with Crippen molar-refractivity contribution in [2.75, 3.05) is 32.1 Å². The molecule has 4 rings (SSSR count). The van der Waals surface area contributed by atoms with Crippen molar-refractivity contribution in [2.24, 2.45) is 0 Å². The highest BCUT2D eigenvalue weighted by Gasteiger charge is 2.41. The number of ether oxygens (including phenoxy) is 1. The molecule has 2 aliphatic rings. The maximum absolute atomic E-state index is 12.5. The SMILES string of the molecule is COc1cccc2sc(N3CCCC(N(C)S(=O)(=O)C4CC4)C3)nc12. The quantitative estimate of drug-likeness (QED) is 0.797. The molecule has 1 saturated heterocycles. The summed E-state index contributed by atoms with van der Waals surface area (Å²) in [5.74, 6) is 0.780. The lowest BCUT2D eigenvalue weighted by Crippen LogP contribution is -2.49. The van der Waals surface area contributed by atoms with E-state index in [1.54, 1.807) is 29.8 Å². The Morgan fingerprint density at radius 2 is 2.12 bits per heavy atom. The molecule has 1 unspecified atom stereocenters. The van der Waals surface area contributed by atoms with Crippen LogP contribution in [0.15, 0.2) is 18.2 Å². The molecule has 8 heteroatoms. The van der Waals surface area contributed by atoms with E-state index < -0.39 is 10.0 Å². The summed E-state index contributed by atoms with van der Waals surface area (Å²) in [6.07, 6.45) is 3.50. The lowest BCUT2D eigenvalue weighted by Gasteiger charge is -2.37. The Hall–Kier alpha value is -1.38. The summed E-state index contributed by atoms with van der Waals surface area (Å²) < 4.78 is 33.2. The van der Waals surface area contributed by atoms with Gasteiger partial charge in [-0.15, -0.1) is 0 Å². The average molecular weight is 382 g/mol. The number of piperidine rings is 1. The van der Waals surface area contributed by atoms with Gasteiger partial charge in [-0.1, -0.05) is 17.4 Å². The van der Waals surface area contributed by atoms with Crippen LogP contribution in [0, 0.1) is 0 Å². The van der Waals surface area contributed by atoms with E-state index >= 15 is 0 Å². The fourth-order valence-corrected chi connectivity index (χ4v) is 6.25. The third-order valence-corrected chi connectivity index (χ3v) is 8.62. The number of hydrogen-bond acceptors (Lipinski definition) is 6. The fraction of sp³-hybridized carbons (Fsp3) is 0.588. The van der Waals surface area contributed by atoms with E-state index in [0.29, 0.717) is 6.54 Å². The smallest absolute Gasteiger partial charge is 0.217 e. The van der Waals surface area contributed by atoms with Crippen LogP contribution < -0.4 is 9.64 Å². The van der Waals surface area contributed by atoms with Gasteiger partial charge in [0.05, 0.1) is 17.1 Å². The van der Waals surface area contributed by atoms with Crippen molar-refractivity contribution in [2.45, 2.75) is 37.0 Å². The largest absolute Gasteiger partial charge is 0.494 e. The van der Waals surface area contributed by atoms with Gasteiger partial charge in [-0.25, -0.2) is 13.4 Å². The van der Waals surface area contributed by atoms with E-state index in [-0.39, 0.29) is 11.3 Å². The number of fused-ring (bicyclic) bond motifs is 1. The number of benzene rings is 1. The van der Waals surface area contributed by atoms with Gasteiger partial charge >= 0.3 is 0 Å². The number of hydrogen-bond donors (Lipinski definition) is 0. The molecule has 1 aromatic heterocycles. The normalized spacial score (nSPS) is 21.9. The molecule has 2 aromatic rings. The fourth-order valence-electron chi connectivity index (χ4n) is 3.45. The molecular formula is C17H23N3O3S2. The van der Waals surface area contributed by atoms with Gasteiger partial charge in [-0.3, -0.25) is 0 Å². The molecule has 6 nitrogen and oxygen atoms in total. The van der Waals surface area contributed by atoms with Gasteiger partial charge in [0.25, 0.3) is 0 Å². The van der Waals surface area contributed by atoms with Crippen molar-refractivity contribution in [1.82, 2.24) is 9.29 Å². The first-order valence-electron chi connectivity index (χ1n) is 8.66. The van der Waals surface area contributed by atoms with Crippen molar-refractivity contribution >= 4 is 36.7 Å². The number of sulfonamides is 1. The summed E-state index contributed by atoms with van der Waals surface area (Å²) in [5.41, 5.74) is 0.881. The molecule has 25 heavy (non-hydrogen) atoms. The van der Waals surface area contributed by atoms with Crippen LogP contribution in [-0.2, 0) is 10.0 Å². The zero-order valence-electron chi connectivity index (χ0n) is 14.5.